The molecule has 108 valence electrons. The third-order valence-electron chi connectivity index (χ3n) is 3.71. The molecule has 5 heteroatoms. The van der Waals surface area contributed by atoms with Gasteiger partial charge in [-0.05, 0) is 63.0 Å². The van der Waals surface area contributed by atoms with Gasteiger partial charge in [-0.1, -0.05) is 6.07 Å². The number of piperidine rings is 1. The number of carbonyl (C=O) groups is 2. The Morgan fingerprint density at radius 3 is 2.50 bits per heavy atom. The summed E-state index contributed by atoms with van der Waals surface area (Å²) in [7, 11) is 0. The SMILES string of the molecule is Cc1ccc(NC(=O)NC(=O)C2CCNCC2)cc1C. The van der Waals surface area contributed by atoms with Gasteiger partial charge in [0.05, 0.1) is 0 Å². The fraction of sp³-hybridized carbons (Fsp3) is 0.467. The summed E-state index contributed by atoms with van der Waals surface area (Å²) in [6.45, 7) is 5.66. The average molecular weight is 275 g/mol. The zero-order valence-corrected chi connectivity index (χ0v) is 12.0. The Bertz CT molecular complexity index is 508. The van der Waals surface area contributed by atoms with E-state index in [9.17, 15) is 9.59 Å². The van der Waals surface area contributed by atoms with Gasteiger partial charge in [0.15, 0.2) is 0 Å². The molecular formula is C15H21N3O2. The van der Waals surface area contributed by atoms with Crippen LogP contribution in [0.2, 0.25) is 0 Å². The van der Waals surface area contributed by atoms with Crippen molar-refractivity contribution >= 4 is 17.6 Å². The Hall–Kier alpha value is -1.88. The van der Waals surface area contributed by atoms with Gasteiger partial charge >= 0.3 is 6.03 Å². The molecule has 1 saturated heterocycles. The highest BCUT2D eigenvalue weighted by Crippen LogP contribution is 2.14. The van der Waals surface area contributed by atoms with E-state index in [2.05, 4.69) is 16.0 Å². The van der Waals surface area contributed by atoms with Gasteiger partial charge in [-0.3, -0.25) is 10.1 Å². The van der Waals surface area contributed by atoms with Crippen molar-refractivity contribution in [2.45, 2.75) is 26.7 Å². The van der Waals surface area contributed by atoms with Crippen molar-refractivity contribution in [1.82, 2.24) is 10.6 Å². The van der Waals surface area contributed by atoms with Crippen LogP contribution in [0.1, 0.15) is 24.0 Å². The van der Waals surface area contributed by atoms with Crippen LogP contribution in [0.25, 0.3) is 0 Å². The van der Waals surface area contributed by atoms with Crippen molar-refractivity contribution in [3.05, 3.63) is 29.3 Å². The third-order valence-corrected chi connectivity index (χ3v) is 3.71. The summed E-state index contributed by atoms with van der Waals surface area (Å²) in [5.74, 6) is -0.255. The van der Waals surface area contributed by atoms with Crippen molar-refractivity contribution in [3.63, 3.8) is 0 Å². The molecule has 0 bridgehead atoms. The molecule has 1 fully saturated rings. The van der Waals surface area contributed by atoms with E-state index in [0.29, 0.717) is 5.69 Å². The van der Waals surface area contributed by atoms with Crippen LogP contribution < -0.4 is 16.0 Å². The van der Waals surface area contributed by atoms with Gasteiger partial charge in [0.1, 0.15) is 0 Å². The molecule has 2 rings (SSSR count). The second kappa shape index (κ2) is 6.52. The maximum atomic E-state index is 11.9. The van der Waals surface area contributed by atoms with Gasteiger partial charge in [-0.2, -0.15) is 0 Å². The lowest BCUT2D eigenvalue weighted by Gasteiger charge is -2.21. The predicted octanol–water partition coefficient (Wildman–Crippen LogP) is 1.95. The first-order valence-corrected chi connectivity index (χ1v) is 6.96. The second-order valence-corrected chi connectivity index (χ2v) is 5.27. The number of hydrogen-bond donors (Lipinski definition) is 3. The lowest BCUT2D eigenvalue weighted by Crippen LogP contribution is -2.42. The molecule has 0 saturated carbocycles. The summed E-state index contributed by atoms with van der Waals surface area (Å²) in [4.78, 5) is 23.7. The molecule has 0 spiro atoms. The zero-order valence-electron chi connectivity index (χ0n) is 12.0. The number of anilines is 1. The van der Waals surface area contributed by atoms with Crippen LogP contribution in [0.4, 0.5) is 10.5 Å². The normalized spacial score (nSPS) is 15.7. The van der Waals surface area contributed by atoms with E-state index in [1.165, 1.54) is 5.56 Å². The Labute approximate surface area is 119 Å². The van der Waals surface area contributed by atoms with Gasteiger partial charge < -0.3 is 10.6 Å². The number of aryl methyl sites for hydroxylation is 2. The Kier molecular flexibility index (Phi) is 4.74. The predicted molar refractivity (Wildman–Crippen MR) is 78.7 cm³/mol. The first kappa shape index (κ1) is 14.5. The third kappa shape index (κ3) is 3.81. The van der Waals surface area contributed by atoms with E-state index in [4.69, 9.17) is 0 Å². The largest absolute Gasteiger partial charge is 0.325 e. The van der Waals surface area contributed by atoms with Crippen LogP contribution in [0, 0.1) is 19.8 Å². The smallest absolute Gasteiger partial charge is 0.317 e. The van der Waals surface area contributed by atoms with Gasteiger partial charge in [-0.15, -0.1) is 0 Å². The molecule has 1 aromatic rings. The summed E-state index contributed by atoms with van der Waals surface area (Å²) in [5.41, 5.74) is 2.97. The minimum atomic E-state index is -0.461. The molecule has 0 aliphatic carbocycles. The fourth-order valence-electron chi connectivity index (χ4n) is 2.28. The summed E-state index contributed by atoms with van der Waals surface area (Å²) in [6, 6.07) is 5.21. The van der Waals surface area contributed by atoms with Crippen molar-refractivity contribution in [2.75, 3.05) is 18.4 Å². The number of nitrogens with one attached hydrogen (secondary N) is 3. The standard InChI is InChI=1S/C15H21N3O2/c1-10-3-4-13(9-11(10)2)17-15(20)18-14(19)12-5-7-16-8-6-12/h3-4,9,12,16H,5-8H2,1-2H3,(H2,17,18,19,20). The molecule has 0 atom stereocenters. The van der Waals surface area contributed by atoms with Crippen molar-refractivity contribution in [1.29, 1.82) is 0 Å². The molecule has 1 heterocycles. The quantitative estimate of drug-likeness (QED) is 0.772. The summed E-state index contributed by atoms with van der Waals surface area (Å²) in [5, 5.41) is 8.30. The highest BCUT2D eigenvalue weighted by Gasteiger charge is 2.22. The van der Waals surface area contributed by atoms with Gasteiger partial charge in [-0.25, -0.2) is 4.79 Å². The molecule has 3 N–H and O–H groups in total. The van der Waals surface area contributed by atoms with E-state index >= 15 is 0 Å². The number of rotatable bonds is 2. The molecule has 20 heavy (non-hydrogen) atoms. The van der Waals surface area contributed by atoms with E-state index < -0.39 is 6.03 Å². The Morgan fingerprint density at radius 2 is 1.85 bits per heavy atom. The van der Waals surface area contributed by atoms with Crippen molar-refractivity contribution < 1.29 is 9.59 Å². The van der Waals surface area contributed by atoms with E-state index in [-0.39, 0.29) is 11.8 Å². The number of amides is 3. The van der Waals surface area contributed by atoms with Crippen LogP contribution >= 0.6 is 0 Å². The van der Waals surface area contributed by atoms with Crippen LogP contribution in [0.15, 0.2) is 18.2 Å². The Morgan fingerprint density at radius 1 is 1.15 bits per heavy atom. The molecule has 1 aromatic carbocycles. The molecular weight excluding hydrogens is 254 g/mol. The van der Waals surface area contributed by atoms with Gasteiger partial charge in [0.2, 0.25) is 5.91 Å². The van der Waals surface area contributed by atoms with Crippen LogP contribution in [-0.2, 0) is 4.79 Å². The first-order valence-electron chi connectivity index (χ1n) is 6.96. The molecule has 3 amide bonds. The minimum absolute atomic E-state index is 0.0678. The maximum absolute atomic E-state index is 11.9. The van der Waals surface area contributed by atoms with Crippen LogP contribution in [-0.4, -0.2) is 25.0 Å². The van der Waals surface area contributed by atoms with Crippen LogP contribution in [0.3, 0.4) is 0 Å². The lowest BCUT2D eigenvalue weighted by atomic mass is 9.97. The van der Waals surface area contributed by atoms with Crippen molar-refractivity contribution in [2.24, 2.45) is 5.92 Å². The topological polar surface area (TPSA) is 70.2 Å². The summed E-state index contributed by atoms with van der Waals surface area (Å²) in [6.07, 6.45) is 1.56. The zero-order chi connectivity index (χ0) is 14.5. The minimum Gasteiger partial charge on any atom is -0.317 e. The van der Waals surface area contributed by atoms with Gasteiger partial charge in [0, 0.05) is 11.6 Å². The number of hydrogen-bond acceptors (Lipinski definition) is 3. The molecule has 1 aliphatic heterocycles. The molecule has 0 radical (unpaired) electrons. The molecule has 0 aromatic heterocycles. The van der Waals surface area contributed by atoms with Gasteiger partial charge in [0.25, 0.3) is 0 Å². The van der Waals surface area contributed by atoms with E-state index in [1.807, 2.05) is 32.0 Å². The molecule has 0 unspecified atom stereocenters. The van der Waals surface area contributed by atoms with E-state index in [1.54, 1.807) is 0 Å². The van der Waals surface area contributed by atoms with E-state index in [0.717, 1.165) is 31.5 Å². The number of urea groups is 1. The Balaban J connectivity index is 1.88. The molecule has 1 aliphatic rings. The maximum Gasteiger partial charge on any atom is 0.325 e. The van der Waals surface area contributed by atoms with Crippen molar-refractivity contribution in [3.8, 4) is 0 Å². The molecule has 5 nitrogen and oxygen atoms in total. The number of benzene rings is 1. The number of carbonyl (C=O) groups excluding carboxylic acids is 2. The second-order valence-electron chi connectivity index (χ2n) is 5.27. The lowest BCUT2D eigenvalue weighted by molar-refractivity contribution is -0.124. The number of imide groups is 1. The summed E-state index contributed by atoms with van der Waals surface area (Å²) >= 11 is 0. The highest BCUT2D eigenvalue weighted by atomic mass is 16.2. The highest BCUT2D eigenvalue weighted by molar-refractivity contribution is 6.01. The average Bonchev–Trinajstić information content (AvgIpc) is 2.44. The van der Waals surface area contributed by atoms with Crippen LogP contribution in [0.5, 0.6) is 0 Å². The first-order chi connectivity index (χ1) is 9.56. The summed E-state index contributed by atoms with van der Waals surface area (Å²) < 4.78 is 0. The monoisotopic (exact) mass is 275 g/mol. The fourth-order valence-corrected chi connectivity index (χ4v) is 2.28.